The standard InChI is InChI=1S/C18H17Cl3N6O4/c1-22-16(30)13-11(28)12(29)17(31-13)27-6-24-10-14(25-18(21)26-15(10)27)23-5-7-2-8(19)4-9(20)3-7/h2-4,6,11-13,17,28-29H,5H2,1H3,(H,22,30)(H,23,25,26)/t11-,12+,13-,17+/m0/s1. The maximum Gasteiger partial charge on any atom is 0.251 e. The van der Waals surface area contributed by atoms with Crippen molar-refractivity contribution in [3.05, 3.63) is 45.4 Å². The van der Waals surface area contributed by atoms with Gasteiger partial charge in [-0.1, -0.05) is 23.2 Å². The van der Waals surface area contributed by atoms with E-state index in [1.54, 1.807) is 18.2 Å². The second-order valence-electron chi connectivity index (χ2n) is 6.84. The maximum atomic E-state index is 11.9. The molecule has 1 saturated heterocycles. The largest absolute Gasteiger partial charge is 0.387 e. The van der Waals surface area contributed by atoms with E-state index in [2.05, 4.69) is 25.6 Å². The number of ether oxygens (including phenoxy) is 1. The average Bonchev–Trinajstić information content (AvgIpc) is 3.26. The number of nitrogens with one attached hydrogen (secondary N) is 2. The van der Waals surface area contributed by atoms with E-state index in [0.717, 1.165) is 5.56 Å². The van der Waals surface area contributed by atoms with Crippen LogP contribution >= 0.6 is 34.8 Å². The van der Waals surface area contributed by atoms with Crippen LogP contribution in [0.4, 0.5) is 5.82 Å². The number of aliphatic hydroxyl groups excluding tert-OH is 2. The number of rotatable bonds is 5. The molecule has 13 heteroatoms. The highest BCUT2D eigenvalue weighted by molar-refractivity contribution is 6.34. The minimum atomic E-state index is -1.43. The minimum Gasteiger partial charge on any atom is -0.387 e. The molecule has 1 aliphatic heterocycles. The Balaban J connectivity index is 1.64. The molecule has 0 spiro atoms. The quantitative estimate of drug-likeness (QED) is 0.400. The Morgan fingerprint density at radius 2 is 1.87 bits per heavy atom. The highest BCUT2D eigenvalue weighted by Crippen LogP contribution is 2.33. The molecule has 1 fully saturated rings. The fourth-order valence-corrected chi connectivity index (χ4v) is 4.08. The number of fused-ring (bicyclic) bond motifs is 1. The Kier molecular flexibility index (Phi) is 6.20. The number of imidazole rings is 1. The third-order valence-electron chi connectivity index (χ3n) is 4.79. The third kappa shape index (κ3) is 4.27. The topological polar surface area (TPSA) is 134 Å². The molecule has 3 aromatic rings. The Hall–Kier alpha value is -2.21. The molecule has 0 bridgehead atoms. The van der Waals surface area contributed by atoms with Crippen molar-refractivity contribution in [1.82, 2.24) is 24.8 Å². The summed E-state index contributed by atoms with van der Waals surface area (Å²) < 4.78 is 6.97. The molecule has 1 amide bonds. The Morgan fingerprint density at radius 3 is 2.55 bits per heavy atom. The van der Waals surface area contributed by atoms with Crippen LogP contribution in [0.25, 0.3) is 11.2 Å². The number of halogens is 3. The van der Waals surface area contributed by atoms with Gasteiger partial charge < -0.3 is 25.6 Å². The smallest absolute Gasteiger partial charge is 0.251 e. The minimum absolute atomic E-state index is 0.0724. The zero-order chi connectivity index (χ0) is 22.3. The molecule has 0 unspecified atom stereocenters. The number of benzene rings is 1. The van der Waals surface area contributed by atoms with Crippen LogP contribution in [0.5, 0.6) is 0 Å². The van der Waals surface area contributed by atoms with Crippen molar-refractivity contribution >= 4 is 57.7 Å². The van der Waals surface area contributed by atoms with Gasteiger partial charge in [0.15, 0.2) is 29.3 Å². The first-order chi connectivity index (χ1) is 14.8. The maximum absolute atomic E-state index is 11.9. The molecule has 164 valence electrons. The van der Waals surface area contributed by atoms with Crippen molar-refractivity contribution in [2.45, 2.75) is 31.1 Å². The lowest BCUT2D eigenvalue weighted by Gasteiger charge is -2.16. The molecule has 10 nitrogen and oxygen atoms in total. The first kappa shape index (κ1) is 22.0. The van der Waals surface area contributed by atoms with Crippen molar-refractivity contribution in [1.29, 1.82) is 0 Å². The zero-order valence-electron chi connectivity index (χ0n) is 16.0. The van der Waals surface area contributed by atoms with Crippen molar-refractivity contribution in [2.75, 3.05) is 12.4 Å². The summed E-state index contributed by atoms with van der Waals surface area (Å²) in [6.45, 7) is 0.329. The number of aliphatic hydroxyl groups is 2. The third-order valence-corrected chi connectivity index (χ3v) is 5.40. The average molecular weight is 488 g/mol. The van der Waals surface area contributed by atoms with Gasteiger partial charge in [-0.15, -0.1) is 0 Å². The number of hydrogen-bond donors (Lipinski definition) is 4. The van der Waals surface area contributed by atoms with Crippen LogP contribution in [0.15, 0.2) is 24.5 Å². The summed E-state index contributed by atoms with van der Waals surface area (Å²) in [4.78, 5) is 24.6. The Bertz CT molecular complexity index is 1120. The van der Waals surface area contributed by atoms with Crippen LogP contribution in [-0.4, -0.2) is 61.0 Å². The van der Waals surface area contributed by atoms with E-state index in [-0.39, 0.29) is 10.9 Å². The van der Waals surface area contributed by atoms with E-state index in [4.69, 9.17) is 39.5 Å². The van der Waals surface area contributed by atoms with Gasteiger partial charge in [-0.2, -0.15) is 9.97 Å². The molecule has 4 rings (SSSR count). The first-order valence-corrected chi connectivity index (χ1v) is 10.2. The van der Waals surface area contributed by atoms with Gasteiger partial charge in [0.05, 0.1) is 6.33 Å². The molecule has 4 atom stereocenters. The Labute approximate surface area is 191 Å². The molecule has 3 heterocycles. The molecule has 4 N–H and O–H groups in total. The van der Waals surface area contributed by atoms with Crippen molar-refractivity contribution in [3.63, 3.8) is 0 Å². The zero-order valence-corrected chi connectivity index (χ0v) is 18.2. The van der Waals surface area contributed by atoms with Gasteiger partial charge in [-0.05, 0) is 35.4 Å². The lowest BCUT2D eigenvalue weighted by Crippen LogP contribution is -2.41. The second-order valence-corrected chi connectivity index (χ2v) is 8.05. The lowest BCUT2D eigenvalue weighted by atomic mass is 10.1. The molecule has 0 saturated carbocycles. The number of nitrogens with zero attached hydrogens (tertiary/aromatic N) is 4. The molecular formula is C18H17Cl3N6O4. The first-order valence-electron chi connectivity index (χ1n) is 9.10. The second kappa shape index (κ2) is 8.73. The van der Waals surface area contributed by atoms with Crippen molar-refractivity contribution in [2.24, 2.45) is 0 Å². The Morgan fingerprint density at radius 1 is 1.16 bits per heavy atom. The van der Waals surface area contributed by atoms with E-state index >= 15 is 0 Å². The van der Waals surface area contributed by atoms with E-state index in [1.165, 1.54) is 17.9 Å². The highest BCUT2D eigenvalue weighted by atomic mass is 35.5. The number of anilines is 1. The summed E-state index contributed by atoms with van der Waals surface area (Å²) in [6, 6.07) is 5.13. The summed E-state index contributed by atoms with van der Waals surface area (Å²) in [6.07, 6.45) is -3.80. The fraction of sp³-hybridized carbons (Fsp3) is 0.333. The molecule has 0 aliphatic carbocycles. The summed E-state index contributed by atoms with van der Waals surface area (Å²) in [5, 5.41) is 27.0. The summed E-state index contributed by atoms with van der Waals surface area (Å²) in [7, 11) is 1.41. The van der Waals surface area contributed by atoms with Gasteiger partial charge >= 0.3 is 0 Å². The van der Waals surface area contributed by atoms with E-state index < -0.39 is 30.4 Å². The predicted molar refractivity (Wildman–Crippen MR) is 114 cm³/mol. The summed E-state index contributed by atoms with van der Waals surface area (Å²) >= 11 is 18.2. The molecular weight excluding hydrogens is 471 g/mol. The van der Waals surface area contributed by atoms with Crippen LogP contribution in [0.2, 0.25) is 15.3 Å². The molecule has 31 heavy (non-hydrogen) atoms. The molecule has 0 radical (unpaired) electrons. The lowest BCUT2D eigenvalue weighted by molar-refractivity contribution is -0.137. The van der Waals surface area contributed by atoms with E-state index in [1.807, 2.05) is 0 Å². The van der Waals surface area contributed by atoms with Gasteiger partial charge in [0.1, 0.15) is 12.2 Å². The molecule has 1 aliphatic rings. The fourth-order valence-electron chi connectivity index (χ4n) is 3.35. The van der Waals surface area contributed by atoms with Gasteiger partial charge in [-0.3, -0.25) is 9.36 Å². The number of hydrogen-bond acceptors (Lipinski definition) is 8. The van der Waals surface area contributed by atoms with E-state index in [9.17, 15) is 15.0 Å². The monoisotopic (exact) mass is 486 g/mol. The van der Waals surface area contributed by atoms with Crippen LogP contribution < -0.4 is 10.6 Å². The van der Waals surface area contributed by atoms with Crippen molar-refractivity contribution < 1.29 is 19.7 Å². The van der Waals surface area contributed by atoms with Gasteiger partial charge in [0.2, 0.25) is 5.28 Å². The number of amides is 1. The van der Waals surface area contributed by atoms with Gasteiger partial charge in [0, 0.05) is 23.6 Å². The van der Waals surface area contributed by atoms with E-state index in [0.29, 0.717) is 27.9 Å². The molecule has 1 aromatic carbocycles. The summed E-state index contributed by atoms with van der Waals surface area (Å²) in [5.41, 5.74) is 1.41. The normalized spacial score (nSPS) is 23.3. The number of aromatic nitrogens is 4. The van der Waals surface area contributed by atoms with Crippen LogP contribution in [0.3, 0.4) is 0 Å². The highest BCUT2D eigenvalue weighted by Gasteiger charge is 2.47. The van der Waals surface area contributed by atoms with Gasteiger partial charge in [0.25, 0.3) is 5.91 Å². The number of likely N-dealkylation sites (N-methyl/N-ethyl adjacent to an activating group) is 1. The van der Waals surface area contributed by atoms with Crippen LogP contribution in [-0.2, 0) is 16.1 Å². The predicted octanol–water partition coefficient (Wildman–Crippen LogP) is 1.76. The number of carbonyl (C=O) groups excluding carboxylic acids is 1. The molecule has 2 aromatic heterocycles. The van der Waals surface area contributed by atoms with Crippen LogP contribution in [0.1, 0.15) is 11.8 Å². The SMILES string of the molecule is CNC(=O)[C@H]1O[C@@H](n2cnc3c(NCc4cc(Cl)cc(Cl)c4)nc(Cl)nc32)[C@H](O)[C@@H]1O. The van der Waals surface area contributed by atoms with Crippen molar-refractivity contribution in [3.8, 4) is 0 Å². The van der Waals surface area contributed by atoms with Gasteiger partial charge in [-0.25, -0.2) is 4.98 Å². The summed E-state index contributed by atoms with van der Waals surface area (Å²) in [5.74, 6) is -0.227. The van der Waals surface area contributed by atoms with Crippen LogP contribution in [0, 0.1) is 0 Å². The number of carbonyl (C=O) groups is 1.